The van der Waals surface area contributed by atoms with Crippen molar-refractivity contribution in [2.75, 3.05) is 13.1 Å². The van der Waals surface area contributed by atoms with Gasteiger partial charge in [-0.3, -0.25) is 0 Å². The third-order valence-electron chi connectivity index (χ3n) is 3.94. The molecule has 3 nitrogen and oxygen atoms in total. The maximum absolute atomic E-state index is 12.7. The van der Waals surface area contributed by atoms with Crippen LogP contribution in [0.3, 0.4) is 0 Å². The number of alkyl halides is 1. The van der Waals surface area contributed by atoms with Crippen molar-refractivity contribution in [1.82, 2.24) is 4.31 Å². The van der Waals surface area contributed by atoms with Crippen LogP contribution in [0.15, 0.2) is 11.0 Å². The van der Waals surface area contributed by atoms with E-state index in [9.17, 15) is 8.42 Å². The van der Waals surface area contributed by atoms with E-state index in [4.69, 9.17) is 11.6 Å². The van der Waals surface area contributed by atoms with Crippen LogP contribution in [-0.4, -0.2) is 25.8 Å². The van der Waals surface area contributed by atoms with Crippen LogP contribution in [0.1, 0.15) is 42.4 Å². The largest absolute Gasteiger partial charge is 0.244 e. The molecule has 0 aromatic carbocycles. The van der Waals surface area contributed by atoms with Gasteiger partial charge >= 0.3 is 0 Å². The molecular formula is C14H22ClNO2S2. The van der Waals surface area contributed by atoms with Gasteiger partial charge in [0.1, 0.15) is 0 Å². The second-order valence-electron chi connectivity index (χ2n) is 5.40. The summed E-state index contributed by atoms with van der Waals surface area (Å²) >= 11 is 7.28. The summed E-state index contributed by atoms with van der Waals surface area (Å²) in [6.07, 6.45) is 4.36. The average molecular weight is 336 g/mol. The van der Waals surface area contributed by atoms with Gasteiger partial charge in [0.05, 0.1) is 10.8 Å². The topological polar surface area (TPSA) is 37.4 Å². The molecule has 0 amide bonds. The smallest absolute Gasteiger partial charge is 0.207 e. The lowest BCUT2D eigenvalue weighted by molar-refractivity contribution is 0.262. The zero-order chi connectivity index (χ0) is 14.8. The van der Waals surface area contributed by atoms with E-state index in [-0.39, 0.29) is 0 Å². The van der Waals surface area contributed by atoms with E-state index >= 15 is 0 Å². The van der Waals surface area contributed by atoms with Gasteiger partial charge in [0.15, 0.2) is 0 Å². The van der Waals surface area contributed by atoms with Crippen LogP contribution in [0.5, 0.6) is 0 Å². The molecule has 20 heavy (non-hydrogen) atoms. The van der Waals surface area contributed by atoms with Gasteiger partial charge < -0.3 is 0 Å². The Morgan fingerprint density at radius 1 is 1.40 bits per heavy atom. The molecule has 1 aliphatic rings. The fraction of sp³-hybridized carbons (Fsp3) is 0.714. The van der Waals surface area contributed by atoms with Crippen LogP contribution in [0.2, 0.25) is 0 Å². The Morgan fingerprint density at radius 3 is 2.55 bits per heavy atom. The van der Waals surface area contributed by atoms with Gasteiger partial charge in [0.2, 0.25) is 10.0 Å². The van der Waals surface area contributed by atoms with Crippen molar-refractivity contribution in [3.05, 3.63) is 15.8 Å². The Kier molecular flexibility index (Phi) is 5.51. The first-order chi connectivity index (χ1) is 9.48. The minimum absolute atomic E-state index is 0.375. The second-order valence-corrected chi connectivity index (χ2v) is 8.92. The first-order valence-corrected chi connectivity index (χ1v) is 9.93. The Labute approximate surface area is 131 Å². The molecule has 1 aromatic rings. The molecule has 0 radical (unpaired) electrons. The number of hydrogen-bond acceptors (Lipinski definition) is 3. The minimum atomic E-state index is -3.34. The molecule has 0 unspecified atom stereocenters. The Hall–Kier alpha value is -0.100. The quantitative estimate of drug-likeness (QED) is 0.763. The fourth-order valence-corrected chi connectivity index (χ4v) is 6.00. The molecule has 114 valence electrons. The summed E-state index contributed by atoms with van der Waals surface area (Å²) in [7, 11) is -3.34. The van der Waals surface area contributed by atoms with Gasteiger partial charge in [-0.15, -0.1) is 22.9 Å². The molecule has 6 heteroatoms. The van der Waals surface area contributed by atoms with Crippen molar-refractivity contribution in [3.8, 4) is 0 Å². The predicted octanol–water partition coefficient (Wildman–Crippen LogP) is 4.00. The minimum Gasteiger partial charge on any atom is -0.207 e. The Morgan fingerprint density at radius 2 is 2.05 bits per heavy atom. The van der Waals surface area contributed by atoms with Crippen molar-refractivity contribution in [2.45, 2.75) is 50.3 Å². The Balaban J connectivity index is 2.13. The molecule has 1 aliphatic heterocycles. The van der Waals surface area contributed by atoms with Crippen LogP contribution in [-0.2, 0) is 15.9 Å². The monoisotopic (exact) mass is 335 g/mol. The lowest BCUT2D eigenvalue weighted by Crippen LogP contribution is -2.38. The van der Waals surface area contributed by atoms with Crippen molar-refractivity contribution in [3.63, 3.8) is 0 Å². The summed E-state index contributed by atoms with van der Waals surface area (Å²) < 4.78 is 27.0. The molecule has 0 aliphatic carbocycles. The summed E-state index contributed by atoms with van der Waals surface area (Å²) in [6.45, 7) is 5.35. The summed E-state index contributed by atoms with van der Waals surface area (Å²) in [5, 5.41) is 0. The maximum atomic E-state index is 12.7. The van der Waals surface area contributed by atoms with Crippen LogP contribution >= 0.6 is 22.9 Å². The molecule has 2 rings (SSSR count). The highest BCUT2D eigenvalue weighted by molar-refractivity contribution is 7.89. The van der Waals surface area contributed by atoms with Crippen molar-refractivity contribution in [2.24, 2.45) is 5.92 Å². The molecule has 2 heterocycles. The highest BCUT2D eigenvalue weighted by atomic mass is 35.5. The van der Waals surface area contributed by atoms with E-state index in [1.54, 1.807) is 10.4 Å². The molecule has 1 aromatic heterocycles. The highest BCUT2D eigenvalue weighted by Crippen LogP contribution is 2.32. The van der Waals surface area contributed by atoms with Crippen LogP contribution in [0.25, 0.3) is 0 Å². The number of nitrogens with zero attached hydrogens (tertiary/aromatic N) is 1. The number of thiophene rings is 1. The van der Waals surface area contributed by atoms with Crippen molar-refractivity contribution in [1.29, 1.82) is 0 Å². The van der Waals surface area contributed by atoms with Gasteiger partial charge in [-0.1, -0.05) is 19.8 Å². The summed E-state index contributed by atoms with van der Waals surface area (Å²) in [5.74, 6) is 1.06. The van der Waals surface area contributed by atoms with E-state index in [0.717, 1.165) is 22.6 Å². The number of piperidine rings is 1. The van der Waals surface area contributed by atoms with Crippen LogP contribution < -0.4 is 0 Å². The average Bonchev–Trinajstić information content (AvgIpc) is 2.82. The maximum Gasteiger partial charge on any atom is 0.244 e. The summed E-state index contributed by atoms with van der Waals surface area (Å²) in [5.41, 5.74) is 0. The Bertz CT molecular complexity index is 546. The highest BCUT2D eigenvalue weighted by Gasteiger charge is 2.31. The number of rotatable bonds is 5. The lowest BCUT2D eigenvalue weighted by Gasteiger charge is -2.31. The van der Waals surface area contributed by atoms with E-state index in [1.165, 1.54) is 24.2 Å². The predicted molar refractivity (Wildman–Crippen MR) is 85.0 cm³/mol. The number of halogens is 1. The van der Waals surface area contributed by atoms with E-state index < -0.39 is 10.0 Å². The third-order valence-corrected chi connectivity index (χ3v) is 7.59. The fourth-order valence-electron chi connectivity index (χ4n) is 2.83. The molecule has 0 N–H and O–H groups in total. The van der Waals surface area contributed by atoms with Crippen LogP contribution in [0, 0.1) is 12.8 Å². The first-order valence-electron chi connectivity index (χ1n) is 7.14. The van der Waals surface area contributed by atoms with Gasteiger partial charge in [-0.2, -0.15) is 4.31 Å². The molecule has 0 spiro atoms. The standard InChI is InChI=1S/C14H22ClNO2S2/c1-3-4-12-5-7-16(8-6-12)20(17,18)14-9-13(10-15)19-11(14)2/h9,12H,3-8,10H2,1-2H3. The number of sulfonamides is 1. The molecular weight excluding hydrogens is 314 g/mol. The molecule has 0 saturated carbocycles. The van der Waals surface area contributed by atoms with E-state index in [2.05, 4.69) is 6.92 Å². The zero-order valence-electron chi connectivity index (χ0n) is 12.1. The van der Waals surface area contributed by atoms with E-state index in [1.807, 2.05) is 6.92 Å². The SMILES string of the molecule is CCCC1CCN(S(=O)(=O)c2cc(CCl)sc2C)CC1. The normalized spacial score (nSPS) is 18.6. The summed E-state index contributed by atoms with van der Waals surface area (Å²) in [4.78, 5) is 2.21. The number of aryl methyl sites for hydroxylation is 1. The zero-order valence-corrected chi connectivity index (χ0v) is 14.5. The lowest BCUT2D eigenvalue weighted by atomic mass is 9.94. The molecule has 1 saturated heterocycles. The molecule has 0 bridgehead atoms. The third kappa shape index (κ3) is 3.38. The van der Waals surface area contributed by atoms with E-state index in [0.29, 0.717) is 29.8 Å². The van der Waals surface area contributed by atoms with Crippen LogP contribution in [0.4, 0.5) is 0 Å². The summed E-state index contributed by atoms with van der Waals surface area (Å²) in [6, 6.07) is 1.74. The molecule has 0 atom stereocenters. The number of hydrogen-bond donors (Lipinski definition) is 0. The van der Waals surface area contributed by atoms with Gasteiger partial charge in [0, 0.05) is 22.8 Å². The van der Waals surface area contributed by atoms with Gasteiger partial charge in [-0.25, -0.2) is 8.42 Å². The van der Waals surface area contributed by atoms with Gasteiger partial charge in [0.25, 0.3) is 0 Å². The van der Waals surface area contributed by atoms with Crippen molar-refractivity contribution >= 4 is 33.0 Å². The first kappa shape index (κ1) is 16.3. The van der Waals surface area contributed by atoms with Gasteiger partial charge in [-0.05, 0) is 31.7 Å². The van der Waals surface area contributed by atoms with Crippen molar-refractivity contribution < 1.29 is 8.42 Å². The second kappa shape index (κ2) is 6.77. The molecule has 1 fully saturated rings.